The monoisotopic (exact) mass is 565 g/mol. The maximum absolute atomic E-state index is 12.3. The van der Waals surface area contributed by atoms with Gasteiger partial charge < -0.3 is 29.7 Å². The van der Waals surface area contributed by atoms with Crippen LogP contribution >= 0.6 is 11.8 Å². The lowest BCUT2D eigenvalue weighted by Crippen LogP contribution is -2.31. The van der Waals surface area contributed by atoms with Gasteiger partial charge in [0.1, 0.15) is 0 Å². The number of amides is 1. The molecule has 0 radical (unpaired) electrons. The number of hydrogen-bond donors (Lipinski definition) is 3. The minimum absolute atomic E-state index is 0.0417. The van der Waals surface area contributed by atoms with Crippen LogP contribution in [0.2, 0.25) is 0 Å². The van der Waals surface area contributed by atoms with Crippen LogP contribution in [-0.2, 0) is 30.4 Å². The molecule has 9 nitrogen and oxygen atoms in total. The lowest BCUT2D eigenvalue weighted by Gasteiger charge is -2.36. The molecule has 0 bridgehead atoms. The zero-order chi connectivity index (χ0) is 28.6. The SMILES string of the molecule is CC(=O)OC(C)C(=O)Nc1ccc(C2OC(CSc3ccc(C(=O)O)cc3)CC(c3ccc(CO)cc3)O2)cc1. The molecule has 3 aromatic rings. The molecule has 4 unspecified atom stereocenters. The van der Waals surface area contributed by atoms with Crippen molar-refractivity contribution in [2.45, 2.75) is 56.4 Å². The van der Waals surface area contributed by atoms with Gasteiger partial charge in [0.25, 0.3) is 5.91 Å². The summed E-state index contributed by atoms with van der Waals surface area (Å²) < 4.78 is 17.6. The molecule has 0 saturated carbocycles. The topological polar surface area (TPSA) is 131 Å². The normalized spacial score (nSPS) is 19.4. The number of rotatable bonds is 10. The number of esters is 1. The minimum Gasteiger partial charge on any atom is -0.478 e. The molecule has 1 aliphatic rings. The number of aliphatic hydroxyl groups excluding tert-OH is 1. The van der Waals surface area contributed by atoms with Gasteiger partial charge in [0.2, 0.25) is 0 Å². The molecule has 3 N–H and O–H groups in total. The first-order valence-corrected chi connectivity index (χ1v) is 13.7. The van der Waals surface area contributed by atoms with E-state index in [1.54, 1.807) is 48.2 Å². The van der Waals surface area contributed by atoms with Crippen LogP contribution in [0.4, 0.5) is 5.69 Å². The van der Waals surface area contributed by atoms with E-state index in [1.807, 2.05) is 36.4 Å². The second-order valence-corrected chi connectivity index (χ2v) is 10.4. The zero-order valence-corrected chi connectivity index (χ0v) is 22.9. The number of hydrogen-bond acceptors (Lipinski definition) is 8. The van der Waals surface area contributed by atoms with Gasteiger partial charge in [0.05, 0.1) is 24.4 Å². The van der Waals surface area contributed by atoms with Crippen LogP contribution in [0.25, 0.3) is 0 Å². The average molecular weight is 566 g/mol. The summed E-state index contributed by atoms with van der Waals surface area (Å²) in [5.41, 5.74) is 3.32. The molecule has 0 aliphatic carbocycles. The van der Waals surface area contributed by atoms with Crippen LogP contribution in [-0.4, -0.2) is 46.0 Å². The molecule has 4 rings (SSSR count). The van der Waals surface area contributed by atoms with E-state index in [-0.39, 0.29) is 24.4 Å². The Morgan fingerprint density at radius 2 is 1.62 bits per heavy atom. The van der Waals surface area contributed by atoms with Crippen molar-refractivity contribution in [3.05, 3.63) is 95.1 Å². The van der Waals surface area contributed by atoms with Gasteiger partial charge in [-0.3, -0.25) is 9.59 Å². The van der Waals surface area contributed by atoms with Gasteiger partial charge in [0, 0.05) is 35.2 Å². The third kappa shape index (κ3) is 7.92. The van der Waals surface area contributed by atoms with Crippen LogP contribution in [0.5, 0.6) is 0 Å². The maximum atomic E-state index is 12.3. The Morgan fingerprint density at radius 1 is 0.975 bits per heavy atom. The first-order valence-electron chi connectivity index (χ1n) is 12.8. The van der Waals surface area contributed by atoms with Crippen LogP contribution in [0.1, 0.15) is 59.7 Å². The van der Waals surface area contributed by atoms with Crippen molar-refractivity contribution in [1.29, 1.82) is 0 Å². The highest BCUT2D eigenvalue weighted by atomic mass is 32.2. The van der Waals surface area contributed by atoms with Gasteiger partial charge >= 0.3 is 11.9 Å². The van der Waals surface area contributed by atoms with E-state index in [9.17, 15) is 19.5 Å². The minimum atomic E-state index is -0.966. The van der Waals surface area contributed by atoms with Crippen LogP contribution in [0, 0.1) is 0 Å². The molecule has 1 saturated heterocycles. The average Bonchev–Trinajstić information content (AvgIpc) is 2.96. The van der Waals surface area contributed by atoms with Crippen molar-refractivity contribution in [2.24, 2.45) is 0 Å². The van der Waals surface area contributed by atoms with Crippen molar-refractivity contribution in [2.75, 3.05) is 11.1 Å². The Labute approximate surface area is 236 Å². The smallest absolute Gasteiger partial charge is 0.335 e. The Hall–Kier alpha value is -3.70. The molecule has 0 aromatic heterocycles. The quantitative estimate of drug-likeness (QED) is 0.227. The van der Waals surface area contributed by atoms with Crippen molar-refractivity contribution >= 4 is 35.3 Å². The highest BCUT2D eigenvalue weighted by Crippen LogP contribution is 2.39. The highest BCUT2D eigenvalue weighted by Gasteiger charge is 2.32. The summed E-state index contributed by atoms with van der Waals surface area (Å²) in [7, 11) is 0. The third-order valence-electron chi connectivity index (χ3n) is 6.31. The van der Waals surface area contributed by atoms with Gasteiger partial charge in [0.15, 0.2) is 12.4 Å². The highest BCUT2D eigenvalue weighted by molar-refractivity contribution is 7.99. The number of aliphatic hydroxyl groups is 1. The molecular formula is C30H31NO8S. The number of carbonyl (C=O) groups excluding carboxylic acids is 2. The molecule has 1 aliphatic heterocycles. The van der Waals surface area contributed by atoms with E-state index in [4.69, 9.17) is 19.3 Å². The van der Waals surface area contributed by atoms with E-state index < -0.39 is 30.2 Å². The van der Waals surface area contributed by atoms with Gasteiger partial charge in [-0.15, -0.1) is 11.8 Å². The van der Waals surface area contributed by atoms with Crippen molar-refractivity contribution < 1.29 is 38.8 Å². The molecule has 0 spiro atoms. The summed E-state index contributed by atoms with van der Waals surface area (Å²) in [5.74, 6) is -1.31. The number of carboxylic acids is 1. The van der Waals surface area contributed by atoms with Crippen molar-refractivity contribution in [3.63, 3.8) is 0 Å². The molecule has 3 aromatic carbocycles. The molecule has 10 heteroatoms. The summed E-state index contributed by atoms with van der Waals surface area (Å²) >= 11 is 1.57. The molecule has 1 fully saturated rings. The second-order valence-electron chi connectivity index (χ2n) is 9.35. The molecule has 1 heterocycles. The number of ether oxygens (including phenoxy) is 3. The van der Waals surface area contributed by atoms with E-state index >= 15 is 0 Å². The van der Waals surface area contributed by atoms with E-state index in [0.29, 0.717) is 17.9 Å². The predicted octanol–water partition coefficient (Wildman–Crippen LogP) is 5.10. The van der Waals surface area contributed by atoms with Gasteiger partial charge in [-0.05, 0) is 54.4 Å². The van der Waals surface area contributed by atoms with Crippen LogP contribution in [0.15, 0.2) is 77.7 Å². The second kappa shape index (κ2) is 13.6. The first kappa shape index (κ1) is 29.3. The summed E-state index contributed by atoms with van der Waals surface area (Å²) in [6, 6.07) is 21.4. The summed E-state index contributed by atoms with van der Waals surface area (Å²) in [5, 5.41) is 21.3. The molecule has 210 valence electrons. The van der Waals surface area contributed by atoms with Gasteiger partial charge in [-0.25, -0.2) is 4.79 Å². The lowest BCUT2D eigenvalue weighted by molar-refractivity contribution is -0.245. The Bertz CT molecular complexity index is 1310. The zero-order valence-electron chi connectivity index (χ0n) is 22.1. The van der Waals surface area contributed by atoms with Crippen molar-refractivity contribution in [1.82, 2.24) is 0 Å². The number of benzene rings is 3. The van der Waals surface area contributed by atoms with Crippen molar-refractivity contribution in [3.8, 4) is 0 Å². The maximum Gasteiger partial charge on any atom is 0.335 e. The van der Waals surface area contributed by atoms with Gasteiger partial charge in [-0.2, -0.15) is 0 Å². The number of nitrogens with one attached hydrogen (secondary N) is 1. The van der Waals surface area contributed by atoms with Crippen LogP contribution in [0.3, 0.4) is 0 Å². The Balaban J connectivity index is 1.47. The van der Waals surface area contributed by atoms with E-state index in [0.717, 1.165) is 21.6 Å². The first-order chi connectivity index (χ1) is 19.2. The Kier molecular flexibility index (Phi) is 9.94. The third-order valence-corrected chi connectivity index (χ3v) is 7.46. The standard InChI is InChI=1S/C30H31NO8S/c1-18(37-19(2)33)28(34)31-24-11-7-23(8-12-24)30-38-25(17-40-26-13-9-22(10-14-26)29(35)36)15-27(39-30)21-5-3-20(16-32)4-6-21/h3-14,18,25,27,30,32H,15-17H2,1-2H3,(H,31,34)(H,35,36). The van der Waals surface area contributed by atoms with E-state index in [2.05, 4.69) is 5.32 Å². The summed E-state index contributed by atoms with van der Waals surface area (Å²) in [6.45, 7) is 2.71. The number of anilines is 1. The molecule has 4 atom stereocenters. The van der Waals surface area contributed by atoms with E-state index in [1.165, 1.54) is 13.8 Å². The van der Waals surface area contributed by atoms with Gasteiger partial charge in [-0.1, -0.05) is 36.4 Å². The lowest BCUT2D eigenvalue weighted by atomic mass is 10.0. The number of aromatic carboxylic acids is 1. The molecule has 1 amide bonds. The molecular weight excluding hydrogens is 534 g/mol. The molecule has 40 heavy (non-hydrogen) atoms. The Morgan fingerprint density at radius 3 is 2.23 bits per heavy atom. The largest absolute Gasteiger partial charge is 0.478 e. The fraction of sp³-hybridized carbons (Fsp3) is 0.300. The number of carbonyl (C=O) groups is 3. The fourth-order valence-electron chi connectivity index (χ4n) is 4.18. The number of thioether (sulfide) groups is 1. The predicted molar refractivity (Wildman–Crippen MR) is 149 cm³/mol. The fourth-order valence-corrected chi connectivity index (χ4v) is 5.10. The van der Waals surface area contributed by atoms with Crippen LogP contribution < -0.4 is 5.32 Å². The number of carboxylic acid groups (broad SMARTS) is 1. The summed E-state index contributed by atoms with van der Waals surface area (Å²) in [4.78, 5) is 35.5. The summed E-state index contributed by atoms with van der Waals surface area (Å²) in [6.07, 6.45) is -1.40.